The number of ether oxygens (including phenoxy) is 3. The number of rotatable bonds is 11. The summed E-state index contributed by atoms with van der Waals surface area (Å²) in [6.45, 7) is 3.72. The van der Waals surface area contributed by atoms with E-state index >= 15 is 0 Å². The molecular formula is C36H37F7O3. The van der Waals surface area contributed by atoms with Crippen molar-refractivity contribution in [3.8, 4) is 16.9 Å². The average molecular weight is 651 g/mol. The summed E-state index contributed by atoms with van der Waals surface area (Å²) in [4.78, 5) is 0. The predicted octanol–water partition coefficient (Wildman–Crippen LogP) is 10.6. The first-order valence-corrected chi connectivity index (χ1v) is 15.8. The lowest BCUT2D eigenvalue weighted by atomic mass is 9.78. The Labute approximate surface area is 264 Å². The largest absolute Gasteiger partial charge is 0.429 e. The van der Waals surface area contributed by atoms with Gasteiger partial charge in [-0.1, -0.05) is 50.5 Å². The molecule has 3 nitrogen and oxygen atoms in total. The quantitative estimate of drug-likeness (QED) is 0.117. The Morgan fingerprint density at radius 2 is 1.39 bits per heavy atom. The average Bonchev–Trinajstić information content (AvgIpc) is 3.03. The molecular weight excluding hydrogens is 613 g/mol. The molecule has 2 fully saturated rings. The molecule has 0 N–H and O–H groups in total. The van der Waals surface area contributed by atoms with Crippen molar-refractivity contribution < 1.29 is 44.9 Å². The maximum Gasteiger partial charge on any atom is 0.419 e. The molecule has 2 aliphatic rings. The molecule has 1 heterocycles. The molecule has 1 saturated carbocycles. The Morgan fingerprint density at radius 1 is 0.783 bits per heavy atom. The van der Waals surface area contributed by atoms with Crippen molar-refractivity contribution in [1.82, 2.24) is 0 Å². The van der Waals surface area contributed by atoms with Gasteiger partial charge in [0.05, 0.1) is 13.2 Å². The lowest BCUT2D eigenvalue weighted by Gasteiger charge is -2.37. The van der Waals surface area contributed by atoms with Crippen molar-refractivity contribution in [2.24, 2.45) is 11.8 Å². The van der Waals surface area contributed by atoms with Crippen LogP contribution in [-0.4, -0.2) is 25.6 Å². The van der Waals surface area contributed by atoms with E-state index < -0.39 is 46.5 Å². The number of unbranched alkanes of at least 4 members (excludes halogenated alkanes) is 2. The van der Waals surface area contributed by atoms with Crippen LogP contribution in [0.15, 0.2) is 54.6 Å². The number of alkyl halides is 2. The zero-order valence-electron chi connectivity index (χ0n) is 25.5. The van der Waals surface area contributed by atoms with Gasteiger partial charge in [-0.15, -0.1) is 0 Å². The first-order chi connectivity index (χ1) is 22.0. The van der Waals surface area contributed by atoms with Crippen LogP contribution in [0.3, 0.4) is 0 Å². The van der Waals surface area contributed by atoms with Gasteiger partial charge in [-0.2, -0.15) is 8.78 Å². The van der Waals surface area contributed by atoms with Gasteiger partial charge in [0, 0.05) is 35.6 Å². The predicted molar refractivity (Wildman–Crippen MR) is 161 cm³/mol. The second-order valence-electron chi connectivity index (χ2n) is 12.2. The van der Waals surface area contributed by atoms with E-state index in [0.717, 1.165) is 63.0 Å². The third-order valence-corrected chi connectivity index (χ3v) is 8.81. The molecule has 0 unspecified atom stereocenters. The topological polar surface area (TPSA) is 27.7 Å². The Kier molecular flexibility index (Phi) is 11.1. The SMILES string of the molecule is CCCCCC1COC(C2CCC(c3ccc(-c4cc(F)c(/C=C/C(F)(F)Oc5cc(F)c(F)c(F)c5)c(F)c4)cc3)CC2)OC1. The Hall–Kier alpha value is -3.37. The standard InChI is InChI=1S/C36H37F7O3/c1-2-3-4-5-22-20-44-35(45-21-22)26-12-10-24(11-13-26)23-6-8-25(9-7-23)27-16-30(37)29(31(38)17-27)14-15-36(42,43)46-28-18-32(39)34(41)33(40)19-28/h6-9,14-19,22,24,26,35H,2-5,10-13,20-21H2,1H3/b15-14+. The Bertz CT molecular complexity index is 1450. The lowest BCUT2D eigenvalue weighted by molar-refractivity contribution is -0.229. The molecule has 1 aliphatic heterocycles. The molecule has 1 saturated heterocycles. The second-order valence-corrected chi connectivity index (χ2v) is 12.2. The van der Waals surface area contributed by atoms with Gasteiger partial charge in [0.25, 0.3) is 0 Å². The maximum absolute atomic E-state index is 14.9. The van der Waals surface area contributed by atoms with Crippen LogP contribution in [0.25, 0.3) is 17.2 Å². The molecule has 46 heavy (non-hydrogen) atoms. The second kappa shape index (κ2) is 15.0. The van der Waals surface area contributed by atoms with Crippen LogP contribution in [0.2, 0.25) is 0 Å². The molecule has 248 valence electrons. The summed E-state index contributed by atoms with van der Waals surface area (Å²) >= 11 is 0. The highest BCUT2D eigenvalue weighted by Gasteiger charge is 2.33. The minimum atomic E-state index is -4.21. The van der Waals surface area contributed by atoms with Gasteiger partial charge in [-0.05, 0) is 72.9 Å². The van der Waals surface area contributed by atoms with E-state index in [1.165, 1.54) is 19.3 Å². The molecule has 0 spiro atoms. The zero-order chi connectivity index (χ0) is 32.8. The van der Waals surface area contributed by atoms with Crippen LogP contribution in [0.4, 0.5) is 30.7 Å². The van der Waals surface area contributed by atoms with Crippen molar-refractivity contribution in [2.45, 2.75) is 76.6 Å². The fraction of sp³-hybridized carbons (Fsp3) is 0.444. The number of halogens is 7. The van der Waals surface area contributed by atoms with Gasteiger partial charge >= 0.3 is 6.11 Å². The van der Waals surface area contributed by atoms with Crippen LogP contribution >= 0.6 is 0 Å². The van der Waals surface area contributed by atoms with Gasteiger partial charge < -0.3 is 14.2 Å². The molecule has 0 aromatic heterocycles. The van der Waals surface area contributed by atoms with Gasteiger partial charge in [0.15, 0.2) is 23.7 Å². The van der Waals surface area contributed by atoms with E-state index in [1.807, 2.05) is 12.1 Å². The fourth-order valence-electron chi connectivity index (χ4n) is 6.23. The molecule has 0 atom stereocenters. The molecule has 3 aromatic carbocycles. The highest BCUT2D eigenvalue weighted by Crippen LogP contribution is 2.40. The molecule has 1 aliphatic carbocycles. The van der Waals surface area contributed by atoms with E-state index in [0.29, 0.717) is 29.4 Å². The van der Waals surface area contributed by atoms with Crippen molar-refractivity contribution in [3.05, 3.63) is 94.8 Å². The minimum absolute atomic E-state index is 0.0364. The highest BCUT2D eigenvalue weighted by molar-refractivity contribution is 5.67. The zero-order valence-corrected chi connectivity index (χ0v) is 25.5. The van der Waals surface area contributed by atoms with Gasteiger partial charge in [-0.25, -0.2) is 22.0 Å². The summed E-state index contributed by atoms with van der Waals surface area (Å²) < 4.78 is 114. The lowest BCUT2D eigenvalue weighted by Crippen LogP contribution is -2.38. The maximum atomic E-state index is 14.9. The molecule has 5 rings (SSSR count). The van der Waals surface area contributed by atoms with Crippen LogP contribution in [0.5, 0.6) is 5.75 Å². The smallest absolute Gasteiger partial charge is 0.419 e. The van der Waals surface area contributed by atoms with E-state index in [-0.39, 0.29) is 30.1 Å². The van der Waals surface area contributed by atoms with Crippen molar-refractivity contribution in [1.29, 1.82) is 0 Å². The van der Waals surface area contributed by atoms with Gasteiger partial charge in [0.2, 0.25) is 0 Å². The van der Waals surface area contributed by atoms with Crippen molar-refractivity contribution >= 4 is 6.08 Å². The van der Waals surface area contributed by atoms with Crippen LogP contribution < -0.4 is 4.74 Å². The summed E-state index contributed by atoms with van der Waals surface area (Å²) in [6, 6.07) is 9.97. The monoisotopic (exact) mass is 650 g/mol. The van der Waals surface area contributed by atoms with E-state index in [9.17, 15) is 30.7 Å². The first kappa shape index (κ1) is 34.0. The van der Waals surface area contributed by atoms with Gasteiger partial charge in [0.1, 0.15) is 17.4 Å². The van der Waals surface area contributed by atoms with E-state index in [1.54, 1.807) is 12.1 Å². The number of hydrogen-bond donors (Lipinski definition) is 0. The first-order valence-electron chi connectivity index (χ1n) is 15.8. The summed E-state index contributed by atoms with van der Waals surface area (Å²) in [6.07, 6.45) is 4.90. The third-order valence-electron chi connectivity index (χ3n) is 8.81. The molecule has 0 radical (unpaired) electrons. The molecule has 0 amide bonds. The highest BCUT2D eigenvalue weighted by atomic mass is 19.3. The Morgan fingerprint density at radius 3 is 1.98 bits per heavy atom. The normalized spacial score (nSPS) is 22.3. The van der Waals surface area contributed by atoms with Crippen molar-refractivity contribution in [3.63, 3.8) is 0 Å². The van der Waals surface area contributed by atoms with E-state index in [4.69, 9.17) is 9.47 Å². The van der Waals surface area contributed by atoms with Crippen LogP contribution in [0.1, 0.15) is 75.3 Å². The Balaban J connectivity index is 1.16. The summed E-state index contributed by atoms with van der Waals surface area (Å²) in [7, 11) is 0. The minimum Gasteiger partial charge on any atom is -0.429 e. The third kappa shape index (κ3) is 8.50. The molecule has 3 aromatic rings. The molecule has 0 bridgehead atoms. The van der Waals surface area contributed by atoms with Crippen LogP contribution in [-0.2, 0) is 9.47 Å². The van der Waals surface area contributed by atoms with E-state index in [2.05, 4.69) is 11.7 Å². The fourth-order valence-corrected chi connectivity index (χ4v) is 6.23. The summed E-state index contributed by atoms with van der Waals surface area (Å²) in [5.41, 5.74) is 1.15. The van der Waals surface area contributed by atoms with Gasteiger partial charge in [-0.3, -0.25) is 0 Å². The number of benzene rings is 3. The summed E-state index contributed by atoms with van der Waals surface area (Å²) in [5.74, 6) is -7.30. The van der Waals surface area contributed by atoms with Crippen LogP contribution in [0, 0.1) is 40.9 Å². The molecule has 10 heteroatoms. The van der Waals surface area contributed by atoms with Crippen molar-refractivity contribution in [2.75, 3.05) is 13.2 Å². The summed E-state index contributed by atoms with van der Waals surface area (Å²) in [5, 5.41) is 0. The number of hydrogen-bond acceptors (Lipinski definition) is 3.